The summed E-state index contributed by atoms with van der Waals surface area (Å²) in [4.78, 5) is 9.17. The molecule has 0 fully saturated rings. The van der Waals surface area contributed by atoms with Crippen LogP contribution >= 0.6 is 0 Å². The zero-order chi connectivity index (χ0) is 17.9. The lowest BCUT2D eigenvalue weighted by molar-refractivity contribution is 0.419. The molecule has 5 nitrogen and oxygen atoms in total. The van der Waals surface area contributed by atoms with E-state index in [4.69, 9.17) is 4.74 Å². The van der Waals surface area contributed by atoms with Gasteiger partial charge < -0.3 is 4.74 Å². The van der Waals surface area contributed by atoms with Crippen LogP contribution in [0.25, 0.3) is 21.8 Å². The van der Waals surface area contributed by atoms with Crippen molar-refractivity contribution >= 4 is 33.7 Å². The fourth-order valence-corrected chi connectivity index (χ4v) is 2.93. The highest BCUT2D eigenvalue weighted by molar-refractivity contribution is 5.95. The average molecular weight is 342 g/mol. The second-order valence-electron chi connectivity index (χ2n) is 5.97. The Morgan fingerprint density at radius 1 is 1.00 bits per heavy atom. The number of fused-ring (bicyclic) bond motifs is 2. The number of aromatic nitrogens is 2. The number of nitrogens with zero attached hydrogens (tertiary/aromatic N) is 3. The smallest absolute Gasteiger partial charge is 0.145 e. The van der Waals surface area contributed by atoms with Gasteiger partial charge in [-0.15, -0.1) is 0 Å². The van der Waals surface area contributed by atoms with Gasteiger partial charge >= 0.3 is 0 Å². The first-order valence-corrected chi connectivity index (χ1v) is 8.34. The largest absolute Gasteiger partial charge is 0.494 e. The third-order valence-electron chi connectivity index (χ3n) is 4.15. The number of hydrogen-bond donors (Lipinski definition) is 1. The van der Waals surface area contributed by atoms with Crippen LogP contribution in [0.1, 0.15) is 11.4 Å². The summed E-state index contributed by atoms with van der Waals surface area (Å²) in [6.45, 7) is 1.95. The van der Waals surface area contributed by atoms with Gasteiger partial charge in [-0.05, 0) is 31.2 Å². The number of pyridine rings is 2. The van der Waals surface area contributed by atoms with E-state index < -0.39 is 0 Å². The summed E-state index contributed by atoms with van der Waals surface area (Å²) in [6, 6.07) is 19.8. The van der Waals surface area contributed by atoms with Crippen LogP contribution in [-0.4, -0.2) is 23.3 Å². The number of nitrogens with one attached hydrogen (secondary N) is 1. The Hall–Kier alpha value is -3.47. The molecule has 2 aromatic heterocycles. The van der Waals surface area contributed by atoms with Gasteiger partial charge in [-0.2, -0.15) is 5.10 Å². The van der Waals surface area contributed by atoms with Crippen LogP contribution in [0, 0.1) is 6.92 Å². The molecule has 4 aromatic rings. The molecule has 0 saturated carbocycles. The van der Waals surface area contributed by atoms with Gasteiger partial charge in [0.05, 0.1) is 30.2 Å². The lowest BCUT2D eigenvalue weighted by Gasteiger charge is -2.10. The van der Waals surface area contributed by atoms with Crippen LogP contribution in [0.5, 0.6) is 5.75 Å². The van der Waals surface area contributed by atoms with E-state index in [2.05, 4.69) is 20.5 Å². The van der Waals surface area contributed by atoms with E-state index in [0.717, 1.165) is 44.6 Å². The Balaban J connectivity index is 1.65. The highest BCUT2D eigenvalue weighted by atomic mass is 16.5. The highest BCUT2D eigenvalue weighted by Gasteiger charge is 2.08. The summed E-state index contributed by atoms with van der Waals surface area (Å²) in [5, 5.41) is 6.43. The number of hydrazone groups is 1. The maximum atomic E-state index is 5.41. The Morgan fingerprint density at radius 2 is 1.88 bits per heavy atom. The molecule has 0 aliphatic rings. The van der Waals surface area contributed by atoms with Crippen molar-refractivity contribution in [1.82, 2.24) is 9.97 Å². The number of hydrogen-bond acceptors (Lipinski definition) is 5. The predicted octanol–water partition coefficient (Wildman–Crippen LogP) is 4.55. The monoisotopic (exact) mass is 342 g/mol. The first-order valence-electron chi connectivity index (χ1n) is 8.34. The van der Waals surface area contributed by atoms with Gasteiger partial charge in [-0.1, -0.05) is 36.4 Å². The molecule has 0 aliphatic heterocycles. The standard InChI is InChI=1S/C21H18N4O/c1-14-12-19(17-7-5-9-20(26-2)21(17)23-14)25-22-13-16-11-10-15-6-3-4-8-18(15)24-16/h3-13H,1-2H3,(H,23,25)/b22-13+. The van der Waals surface area contributed by atoms with Crippen molar-refractivity contribution in [3.05, 3.63) is 72.1 Å². The van der Waals surface area contributed by atoms with E-state index in [0.29, 0.717) is 0 Å². The topological polar surface area (TPSA) is 59.4 Å². The number of anilines is 1. The summed E-state index contributed by atoms with van der Waals surface area (Å²) in [6.07, 6.45) is 1.72. The first-order chi connectivity index (χ1) is 12.7. The minimum atomic E-state index is 0.745. The molecule has 0 saturated heterocycles. The maximum Gasteiger partial charge on any atom is 0.145 e. The van der Waals surface area contributed by atoms with Gasteiger partial charge in [0.2, 0.25) is 0 Å². The zero-order valence-electron chi connectivity index (χ0n) is 14.6. The molecule has 0 aliphatic carbocycles. The third kappa shape index (κ3) is 3.07. The van der Waals surface area contributed by atoms with Gasteiger partial charge in [0, 0.05) is 16.5 Å². The number of para-hydroxylation sites is 2. The van der Waals surface area contributed by atoms with E-state index in [1.54, 1.807) is 13.3 Å². The predicted molar refractivity (Wildman–Crippen MR) is 106 cm³/mol. The van der Waals surface area contributed by atoms with Gasteiger partial charge in [-0.3, -0.25) is 5.43 Å². The molecule has 0 bridgehead atoms. The first kappa shape index (κ1) is 16.0. The summed E-state index contributed by atoms with van der Waals surface area (Å²) in [5.74, 6) is 0.745. The summed E-state index contributed by atoms with van der Waals surface area (Å²) >= 11 is 0. The van der Waals surface area contributed by atoms with Crippen LogP contribution in [0.2, 0.25) is 0 Å². The number of aryl methyl sites for hydroxylation is 1. The summed E-state index contributed by atoms with van der Waals surface area (Å²) in [5.41, 5.74) is 7.44. The van der Waals surface area contributed by atoms with Gasteiger partial charge in [0.15, 0.2) is 0 Å². The van der Waals surface area contributed by atoms with Crippen LogP contribution in [-0.2, 0) is 0 Å². The third-order valence-corrected chi connectivity index (χ3v) is 4.15. The molecule has 0 atom stereocenters. The van der Waals surface area contributed by atoms with Crippen molar-refractivity contribution < 1.29 is 4.74 Å². The fourth-order valence-electron chi connectivity index (χ4n) is 2.93. The zero-order valence-corrected chi connectivity index (χ0v) is 14.6. The Morgan fingerprint density at radius 3 is 2.77 bits per heavy atom. The molecule has 2 heterocycles. The second kappa shape index (κ2) is 6.80. The van der Waals surface area contributed by atoms with Crippen LogP contribution in [0.15, 0.2) is 65.8 Å². The summed E-state index contributed by atoms with van der Waals surface area (Å²) in [7, 11) is 1.65. The number of rotatable bonds is 4. The van der Waals surface area contributed by atoms with Crippen molar-refractivity contribution in [3.63, 3.8) is 0 Å². The van der Waals surface area contributed by atoms with E-state index >= 15 is 0 Å². The number of ether oxygens (including phenoxy) is 1. The lowest BCUT2D eigenvalue weighted by Crippen LogP contribution is -1.97. The molecule has 0 amide bonds. The molecule has 128 valence electrons. The minimum Gasteiger partial charge on any atom is -0.494 e. The minimum absolute atomic E-state index is 0.745. The molecule has 2 aromatic carbocycles. The van der Waals surface area contributed by atoms with Crippen LogP contribution < -0.4 is 10.2 Å². The molecule has 5 heteroatoms. The molecule has 0 spiro atoms. The lowest BCUT2D eigenvalue weighted by atomic mass is 10.1. The van der Waals surface area contributed by atoms with Gasteiger partial charge in [0.25, 0.3) is 0 Å². The Labute approximate surface area is 151 Å². The normalized spacial score (nSPS) is 11.3. The maximum absolute atomic E-state index is 5.41. The van der Waals surface area contributed by atoms with Gasteiger partial charge in [0.1, 0.15) is 11.3 Å². The molecular formula is C21H18N4O. The quantitative estimate of drug-likeness (QED) is 0.437. The molecule has 0 radical (unpaired) electrons. The van der Waals surface area contributed by atoms with Crippen molar-refractivity contribution in [2.24, 2.45) is 5.10 Å². The fraction of sp³-hybridized carbons (Fsp3) is 0.0952. The molecular weight excluding hydrogens is 324 g/mol. The molecule has 4 rings (SSSR count). The number of benzene rings is 2. The van der Waals surface area contributed by atoms with Gasteiger partial charge in [-0.25, -0.2) is 9.97 Å². The highest BCUT2D eigenvalue weighted by Crippen LogP contribution is 2.29. The van der Waals surface area contributed by atoms with Crippen molar-refractivity contribution in [2.75, 3.05) is 12.5 Å². The van der Waals surface area contributed by atoms with E-state index in [9.17, 15) is 0 Å². The Kier molecular flexibility index (Phi) is 4.19. The molecule has 26 heavy (non-hydrogen) atoms. The SMILES string of the molecule is COc1cccc2c(N/N=C/c3ccc4ccccc4n3)cc(C)nc12. The summed E-state index contributed by atoms with van der Waals surface area (Å²) < 4.78 is 5.41. The van der Waals surface area contributed by atoms with Crippen molar-refractivity contribution in [3.8, 4) is 5.75 Å². The van der Waals surface area contributed by atoms with Crippen molar-refractivity contribution in [2.45, 2.75) is 6.92 Å². The second-order valence-corrected chi connectivity index (χ2v) is 5.97. The number of methoxy groups -OCH3 is 1. The van der Waals surface area contributed by atoms with Crippen LogP contribution in [0.4, 0.5) is 5.69 Å². The van der Waals surface area contributed by atoms with E-state index in [1.165, 1.54) is 0 Å². The molecule has 1 N–H and O–H groups in total. The Bertz CT molecular complexity index is 1120. The van der Waals surface area contributed by atoms with E-state index in [1.807, 2.05) is 67.6 Å². The van der Waals surface area contributed by atoms with Crippen LogP contribution in [0.3, 0.4) is 0 Å². The van der Waals surface area contributed by atoms with E-state index in [-0.39, 0.29) is 0 Å². The van der Waals surface area contributed by atoms with Crippen molar-refractivity contribution in [1.29, 1.82) is 0 Å². The molecule has 0 unspecified atom stereocenters. The average Bonchev–Trinajstić information content (AvgIpc) is 2.67.